The fourth-order valence-electron chi connectivity index (χ4n) is 2.82. The quantitative estimate of drug-likeness (QED) is 0.259. The molecule has 17 nitrogen and oxygen atoms in total. The largest absolute Gasteiger partial charge is 0.465 e. The molecule has 0 aromatic heterocycles. The number of nitrogens with one attached hydrogen (secondary N) is 4. The van der Waals surface area contributed by atoms with Crippen molar-refractivity contribution in [1.82, 2.24) is 34.8 Å². The van der Waals surface area contributed by atoms with Gasteiger partial charge in [-0.3, -0.25) is 9.69 Å². The van der Waals surface area contributed by atoms with Gasteiger partial charge in [0.25, 0.3) is 5.91 Å². The van der Waals surface area contributed by atoms with Crippen LogP contribution in [0, 0.1) is 0 Å². The lowest BCUT2D eigenvalue weighted by Crippen LogP contribution is -2.67. The molecular weight excluding hydrogens is 482 g/mol. The highest BCUT2D eigenvalue weighted by atomic mass is 32.2. The van der Waals surface area contributed by atoms with Gasteiger partial charge in [0.05, 0.1) is 6.54 Å². The second-order valence-electron chi connectivity index (χ2n) is 8.12. The third-order valence-corrected chi connectivity index (χ3v) is 5.19. The lowest BCUT2D eigenvalue weighted by molar-refractivity contribution is -0.138. The molecule has 0 saturated carbocycles. The molecule has 2 aliphatic heterocycles. The van der Waals surface area contributed by atoms with Crippen molar-refractivity contribution < 1.29 is 47.0 Å². The van der Waals surface area contributed by atoms with E-state index >= 15 is 0 Å². The van der Waals surface area contributed by atoms with E-state index in [9.17, 15) is 37.2 Å². The Bertz CT molecular complexity index is 993. The minimum atomic E-state index is -4.80. The number of likely N-dealkylation sites (tertiary alicyclic amines) is 1. The van der Waals surface area contributed by atoms with Crippen molar-refractivity contribution in [2.45, 2.75) is 32.4 Å². The van der Waals surface area contributed by atoms with Crippen molar-refractivity contribution in [2.75, 3.05) is 32.7 Å². The van der Waals surface area contributed by atoms with Gasteiger partial charge in [0.2, 0.25) is 0 Å². The minimum Gasteiger partial charge on any atom is -0.465 e. The molecule has 2 aliphatic rings. The van der Waals surface area contributed by atoms with Gasteiger partial charge in [0, 0.05) is 26.2 Å². The molecule has 190 valence electrons. The Morgan fingerprint density at radius 3 is 2.18 bits per heavy atom. The summed E-state index contributed by atoms with van der Waals surface area (Å²) in [6.45, 7) is 4.58. The van der Waals surface area contributed by atoms with Gasteiger partial charge in [-0.15, -0.1) is 0 Å². The Morgan fingerprint density at radius 1 is 1.06 bits per heavy atom. The van der Waals surface area contributed by atoms with Crippen LogP contribution >= 0.6 is 0 Å². The highest BCUT2D eigenvalue weighted by Crippen LogP contribution is 2.12. The van der Waals surface area contributed by atoms with E-state index in [1.165, 1.54) is 14.3 Å². The zero-order valence-corrected chi connectivity index (χ0v) is 19.3. The van der Waals surface area contributed by atoms with Gasteiger partial charge >= 0.3 is 40.5 Å². The number of carbonyl (C=O) groups excluding carboxylic acids is 5. The van der Waals surface area contributed by atoms with Gasteiger partial charge in [-0.1, -0.05) is 0 Å². The molecule has 9 amide bonds. The topological polar surface area (TPSA) is 224 Å². The first kappa shape index (κ1) is 26.4. The van der Waals surface area contributed by atoms with Crippen molar-refractivity contribution in [3.8, 4) is 0 Å². The van der Waals surface area contributed by atoms with Gasteiger partial charge < -0.3 is 25.4 Å². The first-order valence-electron chi connectivity index (χ1n) is 9.82. The Kier molecular flexibility index (Phi) is 7.75. The lowest BCUT2D eigenvalue weighted by Gasteiger charge is -2.35. The van der Waals surface area contributed by atoms with Gasteiger partial charge in [-0.05, 0) is 20.8 Å². The molecule has 18 heteroatoms. The zero-order chi connectivity index (χ0) is 25.8. The molecule has 0 spiro atoms. The molecular formula is C16H25N7O10S. The number of amides is 9. The van der Waals surface area contributed by atoms with Crippen LogP contribution in [0.3, 0.4) is 0 Å². The van der Waals surface area contributed by atoms with Crippen molar-refractivity contribution in [2.24, 2.45) is 0 Å². The standard InChI is InChI=1S/C16H25N7O10S/c1-16(2,3)33-14(29)17-4-5-21-6-7-22(15(21)30)11(25)19-34(31,32)20-12(26)23-8-9(10(23)24)18-13(27)28/h9,18H,4-8H2,1-3H3,(H,17,29)(H,19,25)(H,20,26)(H,27,28). The van der Waals surface area contributed by atoms with Crippen molar-refractivity contribution in [1.29, 1.82) is 0 Å². The maximum absolute atomic E-state index is 12.3. The Morgan fingerprint density at radius 2 is 1.65 bits per heavy atom. The molecule has 0 aromatic rings. The Labute approximate surface area is 193 Å². The molecule has 1 atom stereocenters. The van der Waals surface area contributed by atoms with E-state index in [-0.39, 0.29) is 26.2 Å². The van der Waals surface area contributed by atoms with E-state index in [0.29, 0.717) is 9.80 Å². The zero-order valence-electron chi connectivity index (χ0n) is 18.5. The Balaban J connectivity index is 1.81. The SMILES string of the molecule is CC(C)(C)OC(=O)NCCN1CCN(C(=O)NS(=O)(=O)NC(=O)N2CC(NC(=O)O)C2=O)C1=O. The van der Waals surface area contributed by atoms with Gasteiger partial charge in [-0.2, -0.15) is 8.42 Å². The average Bonchev–Trinajstić information content (AvgIpc) is 3.02. The minimum absolute atomic E-state index is 0.0199. The van der Waals surface area contributed by atoms with E-state index in [4.69, 9.17) is 9.84 Å². The number of hydrogen-bond donors (Lipinski definition) is 5. The lowest BCUT2D eigenvalue weighted by atomic mass is 10.1. The molecule has 2 fully saturated rings. The number of urea groups is 3. The third-order valence-electron chi connectivity index (χ3n) is 4.31. The number of carbonyl (C=O) groups is 6. The summed E-state index contributed by atoms with van der Waals surface area (Å²) in [4.78, 5) is 72.5. The monoisotopic (exact) mass is 507 g/mol. The molecule has 2 heterocycles. The molecule has 0 bridgehead atoms. The average molecular weight is 507 g/mol. The van der Waals surface area contributed by atoms with Crippen LogP contribution in [0.1, 0.15) is 20.8 Å². The van der Waals surface area contributed by atoms with E-state index < -0.39 is 64.6 Å². The molecule has 0 radical (unpaired) electrons. The molecule has 2 saturated heterocycles. The first-order valence-corrected chi connectivity index (χ1v) is 11.3. The summed E-state index contributed by atoms with van der Waals surface area (Å²) in [7, 11) is -4.80. The maximum Gasteiger partial charge on any atom is 0.407 e. The first-order chi connectivity index (χ1) is 15.6. The van der Waals surface area contributed by atoms with Crippen LogP contribution in [-0.2, 0) is 19.7 Å². The second kappa shape index (κ2) is 9.98. The Hall–Kier alpha value is -3.83. The fraction of sp³-hybridized carbons (Fsp3) is 0.625. The number of β-lactam (4-membered cyclic amide) rings is 1. The molecule has 1 unspecified atom stereocenters. The molecule has 0 aromatic carbocycles. The summed E-state index contributed by atoms with van der Waals surface area (Å²) in [6, 6.07) is -4.77. The van der Waals surface area contributed by atoms with Crippen LogP contribution in [0.5, 0.6) is 0 Å². The maximum atomic E-state index is 12.3. The van der Waals surface area contributed by atoms with E-state index in [0.717, 1.165) is 0 Å². The summed E-state index contributed by atoms with van der Waals surface area (Å²) >= 11 is 0. The fourth-order valence-corrected chi connectivity index (χ4v) is 3.55. The van der Waals surface area contributed by atoms with E-state index in [2.05, 4.69) is 5.32 Å². The summed E-state index contributed by atoms with van der Waals surface area (Å²) in [6.07, 6.45) is -2.19. The normalized spacial score (nSPS) is 18.2. The van der Waals surface area contributed by atoms with Crippen LogP contribution in [-0.4, -0.2) is 109 Å². The summed E-state index contributed by atoms with van der Waals surface area (Å²) < 4.78 is 32.0. The van der Waals surface area contributed by atoms with Crippen molar-refractivity contribution >= 4 is 46.4 Å². The highest BCUT2D eigenvalue weighted by Gasteiger charge is 2.43. The number of imide groups is 2. The van der Waals surface area contributed by atoms with E-state index in [1.54, 1.807) is 20.8 Å². The second-order valence-corrected chi connectivity index (χ2v) is 9.53. The van der Waals surface area contributed by atoms with Gasteiger partial charge in [0.15, 0.2) is 0 Å². The third kappa shape index (κ3) is 7.09. The van der Waals surface area contributed by atoms with Crippen LogP contribution < -0.4 is 20.1 Å². The number of hydrogen-bond acceptors (Lipinski definition) is 9. The molecule has 0 aliphatic carbocycles. The summed E-state index contributed by atoms with van der Waals surface area (Å²) in [5.41, 5.74) is -0.705. The number of alkyl carbamates (subject to hydrolysis) is 1. The predicted molar refractivity (Wildman–Crippen MR) is 111 cm³/mol. The van der Waals surface area contributed by atoms with Crippen LogP contribution in [0.4, 0.5) is 24.0 Å². The number of rotatable bonds is 6. The van der Waals surface area contributed by atoms with Gasteiger partial charge in [0.1, 0.15) is 11.6 Å². The van der Waals surface area contributed by atoms with Crippen LogP contribution in [0.25, 0.3) is 0 Å². The number of ether oxygens (including phenoxy) is 1. The summed E-state index contributed by atoms with van der Waals surface area (Å²) in [5, 5.41) is 12.8. The smallest absolute Gasteiger partial charge is 0.407 e. The van der Waals surface area contributed by atoms with Crippen molar-refractivity contribution in [3.05, 3.63) is 0 Å². The van der Waals surface area contributed by atoms with Crippen LogP contribution in [0.2, 0.25) is 0 Å². The predicted octanol–water partition coefficient (Wildman–Crippen LogP) is -1.61. The summed E-state index contributed by atoms with van der Waals surface area (Å²) in [5.74, 6) is -0.980. The molecule has 5 N–H and O–H groups in total. The van der Waals surface area contributed by atoms with E-state index in [1.807, 2.05) is 5.32 Å². The number of nitrogens with zero attached hydrogens (tertiary/aromatic N) is 3. The highest BCUT2D eigenvalue weighted by molar-refractivity contribution is 7.88. The van der Waals surface area contributed by atoms with Crippen molar-refractivity contribution in [3.63, 3.8) is 0 Å². The van der Waals surface area contributed by atoms with Gasteiger partial charge in [-0.25, -0.2) is 38.3 Å². The molecule has 34 heavy (non-hydrogen) atoms. The van der Waals surface area contributed by atoms with Crippen LogP contribution in [0.15, 0.2) is 0 Å². The molecule has 2 rings (SSSR count). The number of carboxylic acid groups (broad SMARTS) is 1.